The highest BCUT2D eigenvalue weighted by Crippen LogP contribution is 2.17. The molecule has 0 aliphatic heterocycles. The molecule has 0 fully saturated rings. The van der Waals surface area contributed by atoms with Crippen LogP contribution in [-0.2, 0) is 28.6 Å². The van der Waals surface area contributed by atoms with E-state index in [0.29, 0.717) is 19.3 Å². The normalized spacial score (nSPS) is 12.8. The predicted molar refractivity (Wildman–Crippen MR) is 362 cm³/mol. The van der Waals surface area contributed by atoms with Gasteiger partial charge in [0.05, 0.1) is 0 Å². The summed E-state index contributed by atoms with van der Waals surface area (Å²) < 4.78 is 16.9. The second kappa shape index (κ2) is 70.6. The van der Waals surface area contributed by atoms with Gasteiger partial charge in [0.15, 0.2) is 6.10 Å². The molecule has 0 aliphatic rings. The predicted octanol–water partition coefficient (Wildman–Crippen LogP) is 24.6. The number of ether oxygens (including phenoxy) is 3. The molecule has 0 saturated heterocycles. The van der Waals surface area contributed by atoms with Crippen LogP contribution in [0.1, 0.15) is 342 Å². The maximum Gasteiger partial charge on any atom is 0.306 e. The van der Waals surface area contributed by atoms with Crippen LogP contribution in [0.5, 0.6) is 0 Å². The Bertz CT molecular complexity index is 1660. The summed E-state index contributed by atoms with van der Waals surface area (Å²) in [6.45, 7) is 6.45. The number of unbranched alkanes of at least 4 members (excludes halogenated alkanes) is 35. The average molecular weight is 1150 g/mol. The fraction of sp³-hybridized carbons (Fsp3) is 0.727. The molecular weight excluding hydrogens is 1020 g/mol. The largest absolute Gasteiger partial charge is 0.462 e. The first-order chi connectivity index (χ1) is 41.0. The van der Waals surface area contributed by atoms with Crippen molar-refractivity contribution in [2.45, 2.75) is 348 Å². The van der Waals surface area contributed by atoms with Crippen LogP contribution in [0.3, 0.4) is 0 Å². The number of hydrogen-bond acceptors (Lipinski definition) is 6. The van der Waals surface area contributed by atoms with Crippen molar-refractivity contribution in [2.75, 3.05) is 13.2 Å². The molecule has 1 unspecified atom stereocenters. The van der Waals surface area contributed by atoms with Gasteiger partial charge in [-0.05, 0) is 122 Å². The summed E-state index contributed by atoms with van der Waals surface area (Å²) >= 11 is 0. The van der Waals surface area contributed by atoms with Gasteiger partial charge in [0.1, 0.15) is 13.2 Å². The summed E-state index contributed by atoms with van der Waals surface area (Å²) in [6.07, 6.45) is 97.0. The van der Waals surface area contributed by atoms with Crippen LogP contribution in [-0.4, -0.2) is 37.2 Å². The van der Waals surface area contributed by atoms with Gasteiger partial charge in [0, 0.05) is 19.3 Å². The third kappa shape index (κ3) is 68.7. The smallest absolute Gasteiger partial charge is 0.306 e. The van der Waals surface area contributed by atoms with E-state index in [2.05, 4.69) is 130 Å². The Morgan fingerprint density at radius 1 is 0.253 bits per heavy atom. The molecule has 0 heterocycles. The lowest BCUT2D eigenvalue weighted by molar-refractivity contribution is -0.167. The summed E-state index contributed by atoms with van der Waals surface area (Å²) in [5.74, 6) is -0.899. The lowest BCUT2D eigenvalue weighted by Crippen LogP contribution is -2.30. The maximum absolute atomic E-state index is 12.9. The molecule has 0 aromatic rings. The van der Waals surface area contributed by atoms with Gasteiger partial charge in [-0.2, -0.15) is 0 Å². The van der Waals surface area contributed by atoms with Crippen LogP contribution in [0, 0.1) is 0 Å². The fourth-order valence-corrected chi connectivity index (χ4v) is 9.95. The Labute approximate surface area is 514 Å². The highest BCUT2D eigenvalue weighted by Gasteiger charge is 2.19. The Kier molecular flexibility index (Phi) is 67.2. The van der Waals surface area contributed by atoms with E-state index in [9.17, 15) is 14.4 Å². The lowest BCUT2D eigenvalue weighted by Gasteiger charge is -2.18. The zero-order chi connectivity index (χ0) is 59.9. The van der Waals surface area contributed by atoms with Crippen molar-refractivity contribution in [1.82, 2.24) is 0 Å². The molecule has 0 amide bonds. The molecule has 476 valence electrons. The van der Waals surface area contributed by atoms with E-state index in [-0.39, 0.29) is 31.1 Å². The number of rotatable bonds is 64. The van der Waals surface area contributed by atoms with Crippen LogP contribution in [0.4, 0.5) is 0 Å². The van der Waals surface area contributed by atoms with Gasteiger partial charge in [0.25, 0.3) is 0 Å². The average Bonchev–Trinajstić information content (AvgIpc) is 3.49. The number of allylic oxidation sites excluding steroid dienone is 18. The summed E-state index contributed by atoms with van der Waals surface area (Å²) in [6, 6.07) is 0. The molecule has 6 heteroatoms. The van der Waals surface area contributed by atoms with Gasteiger partial charge in [0.2, 0.25) is 0 Å². The SMILES string of the molecule is CC/C=C\C/C=C\C/C=C\C/C=C\CCCCCCCCCCCCCCCCCCCCCCC(=O)OCC(COC(=O)CCCCCCC/C=C\C/C=C\CCC)OC(=O)CCCCCCCC/C=C\C/C=C\C/C=C\CCCCC. The molecule has 0 spiro atoms. The highest BCUT2D eigenvalue weighted by atomic mass is 16.6. The number of carbonyl (C=O) groups is 3. The summed E-state index contributed by atoms with van der Waals surface area (Å²) in [7, 11) is 0. The van der Waals surface area contributed by atoms with Crippen molar-refractivity contribution in [3.8, 4) is 0 Å². The molecule has 1 atom stereocenters. The molecule has 0 rings (SSSR count). The number of esters is 3. The van der Waals surface area contributed by atoms with E-state index < -0.39 is 6.10 Å². The van der Waals surface area contributed by atoms with Gasteiger partial charge in [-0.15, -0.1) is 0 Å². The van der Waals surface area contributed by atoms with E-state index in [0.717, 1.165) is 141 Å². The number of hydrogen-bond donors (Lipinski definition) is 0. The van der Waals surface area contributed by atoms with Crippen LogP contribution in [0.25, 0.3) is 0 Å². The van der Waals surface area contributed by atoms with Gasteiger partial charge in [-0.1, -0.05) is 310 Å². The van der Waals surface area contributed by atoms with Crippen LogP contribution in [0.15, 0.2) is 109 Å². The monoisotopic (exact) mass is 1150 g/mol. The van der Waals surface area contributed by atoms with E-state index in [1.807, 2.05) is 0 Å². The number of carbonyl (C=O) groups excluding carboxylic acids is 3. The quantitative estimate of drug-likeness (QED) is 0.0261. The van der Waals surface area contributed by atoms with Crippen molar-refractivity contribution in [1.29, 1.82) is 0 Å². The molecule has 0 bridgehead atoms. The summed E-state index contributed by atoms with van der Waals surface area (Å²) in [5.41, 5.74) is 0. The molecule has 83 heavy (non-hydrogen) atoms. The van der Waals surface area contributed by atoms with Crippen LogP contribution >= 0.6 is 0 Å². The van der Waals surface area contributed by atoms with Gasteiger partial charge < -0.3 is 14.2 Å². The Balaban J connectivity index is 4.19. The van der Waals surface area contributed by atoms with Gasteiger partial charge >= 0.3 is 17.9 Å². The molecule has 6 nitrogen and oxygen atoms in total. The second-order valence-electron chi connectivity index (χ2n) is 23.4. The van der Waals surface area contributed by atoms with E-state index in [1.165, 1.54) is 161 Å². The Hall–Kier alpha value is -3.93. The van der Waals surface area contributed by atoms with Crippen LogP contribution in [0.2, 0.25) is 0 Å². The first-order valence-electron chi connectivity index (χ1n) is 35.4. The minimum atomic E-state index is -0.792. The maximum atomic E-state index is 12.9. The molecular formula is C77H132O6. The molecule has 0 aliphatic carbocycles. The minimum absolute atomic E-state index is 0.0854. The second-order valence-corrected chi connectivity index (χ2v) is 23.4. The standard InChI is InChI=1S/C77H132O6/c1-4-7-10-13-16-19-22-25-27-29-31-32-33-34-35-36-37-38-39-40-41-42-43-44-46-47-49-52-55-58-61-64-67-70-76(79)82-73-74(72-81-75(78)69-66-63-60-57-54-51-24-21-18-15-12-9-6-3)83-77(80)71-68-65-62-59-56-53-50-48-45-30-28-26-23-20-17-14-11-8-5-2/h7,10,12,15-17,19-21,24-28,31-32,45,48,74H,4-6,8-9,11,13-14,18,22-23,29-30,33-44,46-47,49-73H2,1-3H3/b10-7-,15-12-,19-16-,20-17-,24-21-,27-25-,28-26-,32-31-,48-45-. The minimum Gasteiger partial charge on any atom is -0.462 e. The third-order valence-corrected chi connectivity index (χ3v) is 15.2. The molecule has 0 radical (unpaired) electrons. The van der Waals surface area contributed by atoms with Gasteiger partial charge in [-0.25, -0.2) is 0 Å². The van der Waals surface area contributed by atoms with Gasteiger partial charge in [-0.3, -0.25) is 14.4 Å². The highest BCUT2D eigenvalue weighted by molar-refractivity contribution is 5.71. The van der Waals surface area contributed by atoms with Crippen molar-refractivity contribution in [3.05, 3.63) is 109 Å². The van der Waals surface area contributed by atoms with Crippen LogP contribution < -0.4 is 0 Å². The van der Waals surface area contributed by atoms with Crippen molar-refractivity contribution in [2.24, 2.45) is 0 Å². The molecule has 0 aromatic heterocycles. The fourth-order valence-electron chi connectivity index (χ4n) is 9.95. The van der Waals surface area contributed by atoms with E-state index >= 15 is 0 Å². The van der Waals surface area contributed by atoms with E-state index in [4.69, 9.17) is 14.2 Å². The Morgan fingerprint density at radius 2 is 0.494 bits per heavy atom. The first-order valence-corrected chi connectivity index (χ1v) is 35.4. The molecule has 0 aromatic carbocycles. The summed E-state index contributed by atoms with van der Waals surface area (Å²) in [5, 5.41) is 0. The Morgan fingerprint density at radius 3 is 0.783 bits per heavy atom. The topological polar surface area (TPSA) is 78.9 Å². The molecule has 0 saturated carbocycles. The van der Waals surface area contributed by atoms with Crippen molar-refractivity contribution >= 4 is 17.9 Å². The first kappa shape index (κ1) is 79.1. The third-order valence-electron chi connectivity index (χ3n) is 15.2. The zero-order valence-corrected chi connectivity index (χ0v) is 54.7. The zero-order valence-electron chi connectivity index (χ0n) is 54.7. The lowest BCUT2D eigenvalue weighted by atomic mass is 10.0. The molecule has 0 N–H and O–H groups in total. The van der Waals surface area contributed by atoms with E-state index in [1.54, 1.807) is 0 Å². The summed E-state index contributed by atoms with van der Waals surface area (Å²) in [4.78, 5) is 38.4. The van der Waals surface area contributed by atoms with Crippen molar-refractivity contribution in [3.63, 3.8) is 0 Å². The van der Waals surface area contributed by atoms with Crippen molar-refractivity contribution < 1.29 is 28.6 Å².